The van der Waals surface area contributed by atoms with Crippen LogP contribution < -0.4 is 14.8 Å². The fourth-order valence-corrected chi connectivity index (χ4v) is 3.01. The largest absolute Gasteiger partial charge is 0.490 e. The average molecular weight is 392 g/mol. The molecule has 0 radical (unpaired) electrons. The predicted octanol–water partition coefficient (Wildman–Crippen LogP) is 5.14. The molecule has 27 heavy (non-hydrogen) atoms. The summed E-state index contributed by atoms with van der Waals surface area (Å²) in [6.07, 6.45) is 0.984. The molecule has 0 aromatic heterocycles. The molecule has 2 rings (SSSR count). The Morgan fingerprint density at radius 3 is 2.59 bits per heavy atom. The van der Waals surface area contributed by atoms with Gasteiger partial charge in [0.15, 0.2) is 11.5 Å². The van der Waals surface area contributed by atoms with Crippen molar-refractivity contribution in [1.82, 2.24) is 5.32 Å². The molecule has 2 aromatic carbocycles. The van der Waals surface area contributed by atoms with Gasteiger partial charge in [0.1, 0.15) is 6.61 Å². The summed E-state index contributed by atoms with van der Waals surface area (Å²) in [7, 11) is 0. The monoisotopic (exact) mass is 391 g/mol. The summed E-state index contributed by atoms with van der Waals surface area (Å²) < 4.78 is 17.1. The molecule has 4 nitrogen and oxygen atoms in total. The third-order valence-corrected chi connectivity index (χ3v) is 4.46. The van der Waals surface area contributed by atoms with Crippen LogP contribution in [0.2, 0.25) is 5.02 Å². The van der Waals surface area contributed by atoms with E-state index in [0.717, 1.165) is 43.9 Å². The molecule has 0 unspecified atom stereocenters. The van der Waals surface area contributed by atoms with Gasteiger partial charge in [0.05, 0.1) is 11.6 Å². The molecule has 0 aliphatic heterocycles. The van der Waals surface area contributed by atoms with Crippen molar-refractivity contribution in [2.75, 3.05) is 26.4 Å². The van der Waals surface area contributed by atoms with E-state index in [2.05, 4.69) is 24.4 Å². The Hall–Kier alpha value is -1.75. The fourth-order valence-electron chi connectivity index (χ4n) is 2.72. The van der Waals surface area contributed by atoms with Crippen LogP contribution in [-0.4, -0.2) is 26.4 Å². The summed E-state index contributed by atoms with van der Waals surface area (Å²) in [5.74, 6) is 1.28. The van der Waals surface area contributed by atoms with Crippen LogP contribution in [0.4, 0.5) is 0 Å². The van der Waals surface area contributed by atoms with Crippen LogP contribution in [0.3, 0.4) is 0 Å². The Morgan fingerprint density at radius 1 is 1.04 bits per heavy atom. The molecular weight excluding hydrogens is 362 g/mol. The molecule has 0 saturated carbocycles. The van der Waals surface area contributed by atoms with Crippen LogP contribution in [0.15, 0.2) is 36.4 Å². The number of hydrogen-bond donors (Lipinski definition) is 1. The van der Waals surface area contributed by atoms with Crippen molar-refractivity contribution in [3.63, 3.8) is 0 Å². The quantitative estimate of drug-likeness (QED) is 0.508. The van der Waals surface area contributed by atoms with E-state index in [1.54, 1.807) is 0 Å². The van der Waals surface area contributed by atoms with Crippen LogP contribution in [0, 0.1) is 6.92 Å². The highest BCUT2D eigenvalue weighted by molar-refractivity contribution is 6.32. The standard InChI is InChI=1S/C22H30ClNO3/c1-4-25-12-8-11-24-15-18-13-20(23)22(21(14-18)26-5-2)27-16-19-10-7-6-9-17(19)3/h6-7,9-10,13-14,24H,4-5,8,11-12,15-16H2,1-3H3. The normalized spacial score (nSPS) is 10.8. The van der Waals surface area contributed by atoms with Crippen molar-refractivity contribution in [2.24, 2.45) is 0 Å². The van der Waals surface area contributed by atoms with Gasteiger partial charge in [0.2, 0.25) is 0 Å². The van der Waals surface area contributed by atoms with Crippen molar-refractivity contribution >= 4 is 11.6 Å². The van der Waals surface area contributed by atoms with Gasteiger partial charge in [-0.25, -0.2) is 0 Å². The topological polar surface area (TPSA) is 39.7 Å². The van der Waals surface area contributed by atoms with Gasteiger partial charge >= 0.3 is 0 Å². The Balaban J connectivity index is 2.01. The third-order valence-electron chi connectivity index (χ3n) is 4.18. The second-order valence-corrected chi connectivity index (χ2v) is 6.69. The lowest BCUT2D eigenvalue weighted by Crippen LogP contribution is -2.16. The van der Waals surface area contributed by atoms with Gasteiger partial charge in [0, 0.05) is 19.8 Å². The maximum atomic E-state index is 6.50. The average Bonchev–Trinajstić information content (AvgIpc) is 2.65. The molecule has 0 amide bonds. The summed E-state index contributed by atoms with van der Waals surface area (Å²) in [5, 5.41) is 3.98. The highest BCUT2D eigenvalue weighted by Gasteiger charge is 2.13. The lowest BCUT2D eigenvalue weighted by Gasteiger charge is -2.16. The zero-order valence-electron chi connectivity index (χ0n) is 16.5. The van der Waals surface area contributed by atoms with Crippen LogP contribution in [0.25, 0.3) is 0 Å². The van der Waals surface area contributed by atoms with E-state index in [1.807, 2.05) is 38.1 Å². The maximum Gasteiger partial charge on any atom is 0.180 e. The summed E-state index contributed by atoms with van der Waals surface area (Å²) in [6, 6.07) is 12.1. The van der Waals surface area contributed by atoms with Crippen LogP contribution in [0.1, 0.15) is 37.0 Å². The van der Waals surface area contributed by atoms with Gasteiger partial charge in [-0.15, -0.1) is 0 Å². The van der Waals surface area contributed by atoms with Gasteiger partial charge in [-0.1, -0.05) is 35.9 Å². The van der Waals surface area contributed by atoms with E-state index in [9.17, 15) is 0 Å². The van der Waals surface area contributed by atoms with Crippen molar-refractivity contribution in [1.29, 1.82) is 0 Å². The molecule has 0 saturated heterocycles. The molecule has 0 bridgehead atoms. The molecule has 0 fully saturated rings. The second-order valence-electron chi connectivity index (χ2n) is 6.28. The molecule has 2 aromatic rings. The van der Waals surface area contributed by atoms with Crippen molar-refractivity contribution in [3.05, 3.63) is 58.1 Å². The number of halogens is 1. The number of nitrogens with one attached hydrogen (secondary N) is 1. The molecule has 0 spiro atoms. The predicted molar refractivity (Wildman–Crippen MR) is 111 cm³/mol. The Labute approximate surface area is 167 Å². The number of aryl methyl sites for hydroxylation is 1. The maximum absolute atomic E-state index is 6.50. The first kappa shape index (κ1) is 21.5. The van der Waals surface area contributed by atoms with E-state index < -0.39 is 0 Å². The zero-order chi connectivity index (χ0) is 19.5. The fraction of sp³-hybridized carbons (Fsp3) is 0.455. The second kappa shape index (κ2) is 11.9. The SMILES string of the molecule is CCOCCCNCc1cc(Cl)c(OCc2ccccc2C)c(OCC)c1. The molecule has 0 heterocycles. The first-order valence-electron chi connectivity index (χ1n) is 9.56. The van der Waals surface area contributed by atoms with Gasteiger partial charge in [-0.3, -0.25) is 0 Å². The molecular formula is C22H30ClNO3. The summed E-state index contributed by atoms with van der Waals surface area (Å²) in [4.78, 5) is 0. The Morgan fingerprint density at radius 2 is 1.85 bits per heavy atom. The minimum absolute atomic E-state index is 0.460. The van der Waals surface area contributed by atoms with E-state index in [0.29, 0.717) is 29.7 Å². The zero-order valence-corrected chi connectivity index (χ0v) is 17.3. The Bertz CT molecular complexity index is 706. The molecule has 148 valence electrons. The van der Waals surface area contributed by atoms with Gasteiger partial charge in [-0.2, -0.15) is 0 Å². The highest BCUT2D eigenvalue weighted by Crippen LogP contribution is 2.37. The minimum atomic E-state index is 0.460. The molecule has 0 aliphatic rings. The van der Waals surface area contributed by atoms with Gasteiger partial charge < -0.3 is 19.5 Å². The van der Waals surface area contributed by atoms with E-state index >= 15 is 0 Å². The lowest BCUT2D eigenvalue weighted by molar-refractivity contribution is 0.144. The molecule has 5 heteroatoms. The first-order valence-corrected chi connectivity index (χ1v) is 9.94. The van der Waals surface area contributed by atoms with Crippen molar-refractivity contribution in [2.45, 2.75) is 40.3 Å². The minimum Gasteiger partial charge on any atom is -0.490 e. The van der Waals surface area contributed by atoms with E-state index in [1.165, 1.54) is 5.56 Å². The third kappa shape index (κ3) is 7.06. The van der Waals surface area contributed by atoms with Crippen molar-refractivity contribution in [3.8, 4) is 11.5 Å². The van der Waals surface area contributed by atoms with E-state index in [-0.39, 0.29) is 0 Å². The lowest BCUT2D eigenvalue weighted by atomic mass is 10.1. The Kier molecular flexibility index (Phi) is 9.46. The molecule has 1 N–H and O–H groups in total. The van der Waals surface area contributed by atoms with Gasteiger partial charge in [-0.05, 0) is 62.6 Å². The smallest absolute Gasteiger partial charge is 0.180 e. The number of ether oxygens (including phenoxy) is 3. The number of benzene rings is 2. The first-order chi connectivity index (χ1) is 13.2. The summed E-state index contributed by atoms with van der Waals surface area (Å²) >= 11 is 6.50. The number of rotatable bonds is 12. The molecule has 0 aliphatic carbocycles. The summed E-state index contributed by atoms with van der Waals surface area (Å²) in [6.45, 7) is 10.2. The highest BCUT2D eigenvalue weighted by atomic mass is 35.5. The van der Waals surface area contributed by atoms with Crippen LogP contribution in [0.5, 0.6) is 11.5 Å². The van der Waals surface area contributed by atoms with Crippen LogP contribution in [-0.2, 0) is 17.9 Å². The summed E-state index contributed by atoms with van der Waals surface area (Å²) in [5.41, 5.74) is 3.40. The number of hydrogen-bond acceptors (Lipinski definition) is 4. The van der Waals surface area contributed by atoms with E-state index in [4.69, 9.17) is 25.8 Å². The van der Waals surface area contributed by atoms with Crippen molar-refractivity contribution < 1.29 is 14.2 Å². The molecule has 0 atom stereocenters. The van der Waals surface area contributed by atoms with Crippen LogP contribution >= 0.6 is 11.6 Å². The van der Waals surface area contributed by atoms with Gasteiger partial charge in [0.25, 0.3) is 0 Å².